The molecular formula is C27H27N3O6S. The first-order valence-electron chi connectivity index (χ1n) is 11.7. The van der Waals surface area contributed by atoms with Crippen LogP contribution in [-0.4, -0.2) is 43.7 Å². The van der Waals surface area contributed by atoms with Gasteiger partial charge >= 0.3 is 5.97 Å². The van der Waals surface area contributed by atoms with Crippen molar-refractivity contribution in [3.8, 4) is 0 Å². The molecule has 0 saturated carbocycles. The Morgan fingerprint density at radius 2 is 1.51 bits per heavy atom. The molecule has 0 saturated heterocycles. The number of amides is 2. The summed E-state index contributed by atoms with van der Waals surface area (Å²) in [6.07, 6.45) is 0.290. The maximum Gasteiger partial charge on any atom is 0.308 e. The van der Waals surface area contributed by atoms with Gasteiger partial charge in [0.2, 0.25) is 15.9 Å². The normalized spacial score (nSPS) is 15.3. The molecule has 2 amide bonds. The number of anilines is 2. The van der Waals surface area contributed by atoms with Gasteiger partial charge in [0.15, 0.2) is 6.61 Å². The molecule has 0 spiro atoms. The molecule has 1 atom stereocenters. The van der Waals surface area contributed by atoms with Crippen LogP contribution in [-0.2, 0) is 35.6 Å². The Morgan fingerprint density at radius 3 is 2.19 bits per heavy atom. The first-order valence-corrected chi connectivity index (χ1v) is 13.2. The summed E-state index contributed by atoms with van der Waals surface area (Å²) in [7, 11) is -3.86. The summed E-state index contributed by atoms with van der Waals surface area (Å²) >= 11 is 0. The molecule has 0 aliphatic carbocycles. The van der Waals surface area contributed by atoms with Gasteiger partial charge < -0.3 is 15.4 Å². The van der Waals surface area contributed by atoms with E-state index in [1.165, 1.54) is 23.4 Å². The van der Waals surface area contributed by atoms with Crippen molar-refractivity contribution < 1.29 is 27.5 Å². The third kappa shape index (κ3) is 6.41. The van der Waals surface area contributed by atoms with Gasteiger partial charge in [-0.2, -0.15) is 4.31 Å². The van der Waals surface area contributed by atoms with E-state index in [1.807, 2.05) is 18.2 Å². The number of rotatable bonds is 8. The average Bonchev–Trinajstić information content (AvgIpc) is 2.89. The number of benzene rings is 3. The lowest BCUT2D eigenvalue weighted by Gasteiger charge is -2.36. The number of fused-ring (bicyclic) bond motifs is 1. The molecule has 3 aromatic rings. The summed E-state index contributed by atoms with van der Waals surface area (Å²) in [4.78, 5) is 36.4. The number of hydrogen-bond donors (Lipinski definition) is 2. The third-order valence-electron chi connectivity index (χ3n) is 5.93. The molecule has 2 N–H and O–H groups in total. The Labute approximate surface area is 215 Å². The molecule has 1 aliphatic rings. The maximum absolute atomic E-state index is 13.4. The van der Waals surface area contributed by atoms with Crippen molar-refractivity contribution in [3.05, 3.63) is 90.0 Å². The van der Waals surface area contributed by atoms with Gasteiger partial charge in [-0.25, -0.2) is 8.42 Å². The first kappa shape index (κ1) is 26.1. The molecule has 4 rings (SSSR count). The highest BCUT2D eigenvalue weighted by Gasteiger charge is 2.37. The van der Waals surface area contributed by atoms with Crippen LogP contribution in [0.25, 0.3) is 0 Å². The molecule has 1 heterocycles. The van der Waals surface area contributed by atoms with Crippen molar-refractivity contribution in [3.63, 3.8) is 0 Å². The number of carbonyl (C=O) groups excluding carboxylic acids is 3. The van der Waals surface area contributed by atoms with E-state index < -0.39 is 34.5 Å². The molecule has 0 bridgehead atoms. The topological polar surface area (TPSA) is 122 Å². The molecule has 37 heavy (non-hydrogen) atoms. The van der Waals surface area contributed by atoms with Crippen LogP contribution >= 0.6 is 0 Å². The SMILES string of the molecule is CC(=O)Nc1ccc(NC(=O)COC(=O)CC2c3ccccc3CCN2S(=O)(=O)c2ccccc2)cc1. The molecule has 192 valence electrons. The van der Waals surface area contributed by atoms with Crippen molar-refractivity contribution >= 4 is 39.2 Å². The quantitative estimate of drug-likeness (QED) is 0.438. The second-order valence-electron chi connectivity index (χ2n) is 8.56. The summed E-state index contributed by atoms with van der Waals surface area (Å²) in [5, 5.41) is 5.24. The zero-order valence-electron chi connectivity index (χ0n) is 20.2. The van der Waals surface area contributed by atoms with Crippen LogP contribution < -0.4 is 10.6 Å². The molecule has 0 aromatic heterocycles. The number of carbonyl (C=O) groups is 3. The molecule has 0 fully saturated rings. The second kappa shape index (κ2) is 11.4. The summed E-state index contributed by atoms with van der Waals surface area (Å²) in [6.45, 7) is 1.10. The van der Waals surface area contributed by atoms with Crippen molar-refractivity contribution in [2.45, 2.75) is 30.7 Å². The Morgan fingerprint density at radius 1 is 0.892 bits per heavy atom. The van der Waals surface area contributed by atoms with Crippen molar-refractivity contribution in [1.82, 2.24) is 4.31 Å². The van der Waals surface area contributed by atoms with E-state index in [2.05, 4.69) is 10.6 Å². The van der Waals surface area contributed by atoms with Crippen LogP contribution in [0.1, 0.15) is 30.5 Å². The average molecular weight is 522 g/mol. The Kier molecular flexibility index (Phi) is 8.00. The van der Waals surface area contributed by atoms with Crippen LogP contribution in [0.15, 0.2) is 83.8 Å². The highest BCUT2D eigenvalue weighted by molar-refractivity contribution is 7.89. The Balaban J connectivity index is 1.43. The first-order chi connectivity index (χ1) is 17.7. The minimum atomic E-state index is -3.86. The van der Waals surface area contributed by atoms with Crippen LogP contribution in [0, 0.1) is 0 Å². The van der Waals surface area contributed by atoms with Gasteiger partial charge in [-0.15, -0.1) is 0 Å². The van der Waals surface area contributed by atoms with Gasteiger partial charge in [0, 0.05) is 24.8 Å². The predicted octanol–water partition coefficient (Wildman–Crippen LogP) is 3.51. The number of nitrogens with zero attached hydrogens (tertiary/aromatic N) is 1. The summed E-state index contributed by atoms with van der Waals surface area (Å²) in [5.74, 6) is -1.44. The lowest BCUT2D eigenvalue weighted by Crippen LogP contribution is -2.41. The van der Waals surface area contributed by atoms with Crippen molar-refractivity contribution in [1.29, 1.82) is 0 Å². The largest absolute Gasteiger partial charge is 0.456 e. The number of sulfonamides is 1. The van der Waals surface area contributed by atoms with Crippen LogP contribution in [0.2, 0.25) is 0 Å². The van der Waals surface area contributed by atoms with Crippen molar-refractivity contribution in [2.75, 3.05) is 23.8 Å². The highest BCUT2D eigenvalue weighted by Crippen LogP contribution is 2.36. The third-order valence-corrected chi connectivity index (χ3v) is 7.85. The number of ether oxygens (including phenoxy) is 1. The maximum atomic E-state index is 13.4. The van der Waals surface area contributed by atoms with E-state index in [-0.39, 0.29) is 23.8 Å². The molecular weight excluding hydrogens is 494 g/mol. The summed E-state index contributed by atoms with van der Waals surface area (Å²) in [6, 6.07) is 21.2. The van der Waals surface area contributed by atoms with E-state index in [9.17, 15) is 22.8 Å². The molecule has 0 radical (unpaired) electrons. The van der Waals surface area contributed by atoms with E-state index >= 15 is 0 Å². The Bertz CT molecular complexity index is 1390. The van der Waals surface area contributed by atoms with E-state index in [0.29, 0.717) is 17.8 Å². The van der Waals surface area contributed by atoms with Crippen molar-refractivity contribution in [2.24, 2.45) is 0 Å². The van der Waals surface area contributed by atoms with Gasteiger partial charge in [-0.3, -0.25) is 14.4 Å². The monoisotopic (exact) mass is 521 g/mol. The number of esters is 1. The van der Waals surface area contributed by atoms with Gasteiger partial charge in [0.05, 0.1) is 17.4 Å². The van der Waals surface area contributed by atoms with E-state index in [4.69, 9.17) is 4.74 Å². The van der Waals surface area contributed by atoms with Crippen LogP contribution in [0.5, 0.6) is 0 Å². The Hall–Kier alpha value is -4.02. The van der Waals surface area contributed by atoms with Gasteiger partial charge in [-0.1, -0.05) is 42.5 Å². The minimum absolute atomic E-state index is 0.150. The number of nitrogens with one attached hydrogen (secondary N) is 2. The number of hydrogen-bond acceptors (Lipinski definition) is 6. The zero-order chi connectivity index (χ0) is 26.4. The summed E-state index contributed by atoms with van der Waals surface area (Å²) in [5.41, 5.74) is 2.77. The fraction of sp³-hybridized carbons (Fsp3) is 0.222. The van der Waals surface area contributed by atoms with Gasteiger partial charge in [-0.05, 0) is 53.9 Å². The molecule has 1 unspecified atom stereocenters. The molecule has 3 aromatic carbocycles. The van der Waals surface area contributed by atoms with Gasteiger partial charge in [0.25, 0.3) is 5.91 Å². The lowest BCUT2D eigenvalue weighted by atomic mass is 9.92. The van der Waals surface area contributed by atoms with Crippen LogP contribution in [0.4, 0.5) is 11.4 Å². The second-order valence-corrected chi connectivity index (χ2v) is 10.5. The van der Waals surface area contributed by atoms with Gasteiger partial charge in [0.1, 0.15) is 0 Å². The molecule has 9 nitrogen and oxygen atoms in total. The minimum Gasteiger partial charge on any atom is -0.456 e. The smallest absolute Gasteiger partial charge is 0.308 e. The lowest BCUT2D eigenvalue weighted by molar-refractivity contribution is -0.148. The van der Waals surface area contributed by atoms with E-state index in [0.717, 1.165) is 11.1 Å². The van der Waals surface area contributed by atoms with Crippen LogP contribution in [0.3, 0.4) is 0 Å². The highest BCUT2D eigenvalue weighted by atomic mass is 32.2. The van der Waals surface area contributed by atoms with E-state index in [1.54, 1.807) is 48.5 Å². The predicted molar refractivity (Wildman–Crippen MR) is 138 cm³/mol. The molecule has 1 aliphatic heterocycles. The standard InChI is InChI=1S/C27H27N3O6S/c1-19(31)28-21-11-13-22(14-12-21)29-26(32)18-36-27(33)17-25-24-10-6-5-7-20(24)15-16-30(25)37(34,35)23-8-3-2-4-9-23/h2-14,25H,15-18H2,1H3,(H,28,31)(H,29,32). The summed E-state index contributed by atoms with van der Waals surface area (Å²) < 4.78 is 33.4. The fourth-order valence-electron chi connectivity index (χ4n) is 4.26. The molecule has 10 heteroatoms. The fourth-order valence-corrected chi connectivity index (χ4v) is 5.88. The zero-order valence-corrected chi connectivity index (χ0v) is 21.0.